The van der Waals surface area contributed by atoms with E-state index < -0.39 is 0 Å². The first-order chi connectivity index (χ1) is 10.3. The molecule has 0 aromatic carbocycles. The van der Waals surface area contributed by atoms with Gasteiger partial charge in [-0.1, -0.05) is 13.3 Å². The third-order valence-corrected chi connectivity index (χ3v) is 6.75. The van der Waals surface area contributed by atoms with Gasteiger partial charge in [0.05, 0.1) is 0 Å². The first kappa shape index (κ1) is 14.0. The van der Waals surface area contributed by atoms with Crippen LogP contribution in [0.4, 0.5) is 0 Å². The van der Waals surface area contributed by atoms with Crippen molar-refractivity contribution in [3.05, 3.63) is 0 Å². The fraction of sp³-hybridized carbons (Fsp3) is 0.944. The minimum Gasteiger partial charge on any atom is -0.339 e. The highest BCUT2D eigenvalue weighted by atomic mass is 16.2. The fourth-order valence-electron chi connectivity index (χ4n) is 5.96. The Balaban J connectivity index is 1.58. The van der Waals surface area contributed by atoms with Crippen molar-refractivity contribution in [3.63, 3.8) is 0 Å². The molecule has 4 fully saturated rings. The summed E-state index contributed by atoms with van der Waals surface area (Å²) in [6, 6.07) is 1.39. The normalized spacial score (nSPS) is 43.4. The van der Waals surface area contributed by atoms with Crippen LogP contribution in [0.2, 0.25) is 0 Å². The molecule has 0 aromatic rings. The van der Waals surface area contributed by atoms with Crippen LogP contribution in [0.5, 0.6) is 0 Å². The van der Waals surface area contributed by atoms with Crippen LogP contribution in [-0.4, -0.2) is 47.4 Å². The summed E-state index contributed by atoms with van der Waals surface area (Å²) in [5, 5.41) is 0. The van der Waals surface area contributed by atoms with E-state index in [1.807, 2.05) is 0 Å². The Morgan fingerprint density at radius 1 is 1.10 bits per heavy atom. The van der Waals surface area contributed by atoms with E-state index >= 15 is 0 Å². The molecule has 118 valence electrons. The number of carbonyl (C=O) groups excluding carboxylic acids is 1. The van der Waals surface area contributed by atoms with Crippen LogP contribution in [0, 0.1) is 17.8 Å². The van der Waals surface area contributed by atoms with Gasteiger partial charge >= 0.3 is 0 Å². The summed E-state index contributed by atoms with van der Waals surface area (Å²) < 4.78 is 0. The Hall–Kier alpha value is -0.570. The van der Waals surface area contributed by atoms with Gasteiger partial charge in [0.2, 0.25) is 5.91 Å². The molecule has 4 aliphatic heterocycles. The van der Waals surface area contributed by atoms with Crippen molar-refractivity contribution in [1.82, 2.24) is 9.80 Å². The van der Waals surface area contributed by atoms with Crippen molar-refractivity contribution in [2.24, 2.45) is 17.8 Å². The first-order valence-electron chi connectivity index (χ1n) is 9.34. The molecule has 3 nitrogen and oxygen atoms in total. The summed E-state index contributed by atoms with van der Waals surface area (Å²) in [5.41, 5.74) is 0. The Labute approximate surface area is 129 Å². The lowest BCUT2D eigenvalue weighted by molar-refractivity contribution is -0.157. The lowest BCUT2D eigenvalue weighted by Gasteiger charge is -2.59. The number of piperidine rings is 4. The smallest absolute Gasteiger partial charge is 0.225 e. The molecule has 0 aliphatic carbocycles. The minimum atomic E-state index is 0.339. The highest BCUT2D eigenvalue weighted by Crippen LogP contribution is 2.45. The van der Waals surface area contributed by atoms with Crippen molar-refractivity contribution in [2.75, 3.05) is 19.6 Å². The topological polar surface area (TPSA) is 23.6 Å². The zero-order chi connectivity index (χ0) is 14.4. The fourth-order valence-corrected chi connectivity index (χ4v) is 5.96. The second-order valence-electron chi connectivity index (χ2n) is 7.86. The molecule has 4 heterocycles. The summed E-state index contributed by atoms with van der Waals surface area (Å²) in [4.78, 5) is 18.0. The molecule has 0 bridgehead atoms. The molecule has 4 rings (SSSR count). The third-order valence-electron chi connectivity index (χ3n) is 6.75. The van der Waals surface area contributed by atoms with Crippen molar-refractivity contribution in [3.8, 4) is 0 Å². The predicted octanol–water partition coefficient (Wildman–Crippen LogP) is 2.90. The molecule has 0 radical (unpaired) electrons. The van der Waals surface area contributed by atoms with Crippen LogP contribution in [0.1, 0.15) is 58.3 Å². The average Bonchev–Trinajstić information content (AvgIpc) is 2.51. The number of amides is 1. The van der Waals surface area contributed by atoms with E-state index in [0.29, 0.717) is 17.9 Å². The molecule has 0 spiro atoms. The van der Waals surface area contributed by atoms with Gasteiger partial charge in [0.15, 0.2) is 0 Å². The molecule has 0 aromatic heterocycles. The Kier molecular flexibility index (Phi) is 3.72. The van der Waals surface area contributed by atoms with Crippen LogP contribution < -0.4 is 0 Å². The Morgan fingerprint density at radius 2 is 1.90 bits per heavy atom. The molecule has 21 heavy (non-hydrogen) atoms. The maximum absolute atomic E-state index is 12.9. The van der Waals surface area contributed by atoms with E-state index in [4.69, 9.17) is 0 Å². The van der Waals surface area contributed by atoms with E-state index in [1.54, 1.807) is 0 Å². The molecule has 3 heteroatoms. The minimum absolute atomic E-state index is 0.339. The van der Waals surface area contributed by atoms with Gasteiger partial charge < -0.3 is 4.90 Å². The van der Waals surface area contributed by atoms with Crippen LogP contribution in [0.25, 0.3) is 0 Å². The zero-order valence-electron chi connectivity index (χ0n) is 13.5. The first-order valence-corrected chi connectivity index (χ1v) is 9.34. The van der Waals surface area contributed by atoms with E-state index in [1.165, 1.54) is 45.2 Å². The largest absolute Gasteiger partial charge is 0.339 e. The van der Waals surface area contributed by atoms with Crippen LogP contribution in [-0.2, 0) is 4.79 Å². The lowest BCUT2D eigenvalue weighted by atomic mass is 9.67. The quantitative estimate of drug-likeness (QED) is 0.781. The highest BCUT2D eigenvalue weighted by Gasteiger charge is 2.51. The molecular weight excluding hydrogens is 260 g/mol. The van der Waals surface area contributed by atoms with Crippen molar-refractivity contribution in [1.29, 1.82) is 0 Å². The summed E-state index contributed by atoms with van der Waals surface area (Å²) in [7, 11) is 0. The number of hydrogen-bond donors (Lipinski definition) is 0. The number of nitrogens with zero attached hydrogens (tertiary/aromatic N) is 2. The maximum Gasteiger partial charge on any atom is 0.225 e. The second kappa shape index (κ2) is 5.57. The van der Waals surface area contributed by atoms with E-state index in [9.17, 15) is 4.79 Å². The van der Waals surface area contributed by atoms with Gasteiger partial charge in [0.25, 0.3) is 0 Å². The van der Waals surface area contributed by atoms with Gasteiger partial charge in [-0.25, -0.2) is 0 Å². The van der Waals surface area contributed by atoms with Crippen LogP contribution in [0.15, 0.2) is 0 Å². The number of rotatable bonds is 2. The summed E-state index contributed by atoms with van der Waals surface area (Å²) in [5.74, 6) is 2.40. The SMILES string of the molecule is CCCC1CC[C@@H]2[C@H]3CCCN4CCC[C@@H](CN2C1=O)[C@@H]34. The number of carbonyl (C=O) groups is 1. The predicted molar refractivity (Wildman–Crippen MR) is 83.9 cm³/mol. The third kappa shape index (κ3) is 2.23. The molecular formula is C18H30N2O. The average molecular weight is 290 g/mol. The second-order valence-corrected chi connectivity index (χ2v) is 7.86. The molecule has 4 aliphatic rings. The van der Waals surface area contributed by atoms with Gasteiger partial charge in [-0.3, -0.25) is 9.69 Å². The molecule has 0 N–H and O–H groups in total. The van der Waals surface area contributed by atoms with Gasteiger partial charge in [-0.05, 0) is 69.9 Å². The maximum atomic E-state index is 12.9. The van der Waals surface area contributed by atoms with Crippen LogP contribution >= 0.6 is 0 Å². The van der Waals surface area contributed by atoms with E-state index in [-0.39, 0.29) is 0 Å². The summed E-state index contributed by atoms with van der Waals surface area (Å²) in [6.07, 6.45) is 10.1. The molecule has 1 amide bonds. The molecule has 1 unspecified atom stereocenters. The van der Waals surface area contributed by atoms with Crippen LogP contribution in [0.3, 0.4) is 0 Å². The van der Waals surface area contributed by atoms with Gasteiger partial charge in [0, 0.05) is 24.5 Å². The molecule has 5 atom stereocenters. The Morgan fingerprint density at radius 3 is 2.71 bits per heavy atom. The monoisotopic (exact) mass is 290 g/mol. The summed E-state index contributed by atoms with van der Waals surface area (Å²) >= 11 is 0. The van der Waals surface area contributed by atoms with Gasteiger partial charge in [0.1, 0.15) is 0 Å². The Bertz CT molecular complexity index is 408. The van der Waals surface area contributed by atoms with Crippen molar-refractivity contribution >= 4 is 5.91 Å². The van der Waals surface area contributed by atoms with Crippen molar-refractivity contribution < 1.29 is 4.79 Å². The summed E-state index contributed by atoms with van der Waals surface area (Å²) in [6.45, 7) is 5.92. The molecule has 0 saturated carbocycles. The lowest BCUT2D eigenvalue weighted by Crippen LogP contribution is -2.67. The number of hydrogen-bond acceptors (Lipinski definition) is 2. The van der Waals surface area contributed by atoms with Crippen molar-refractivity contribution in [2.45, 2.75) is 70.4 Å². The zero-order valence-corrected chi connectivity index (χ0v) is 13.5. The van der Waals surface area contributed by atoms with Gasteiger partial charge in [-0.2, -0.15) is 0 Å². The number of fused-ring (bicyclic) bond motifs is 2. The van der Waals surface area contributed by atoms with E-state index in [0.717, 1.165) is 43.7 Å². The standard InChI is InChI=1S/C18H30N2O/c1-2-5-13-8-9-16-15-7-4-11-19-10-3-6-14(17(15)19)12-20(16)18(13)21/h13-17H,2-12H2,1H3/t13?,14-,15+,16+,17-/m0/s1. The molecule has 4 saturated heterocycles. The van der Waals surface area contributed by atoms with E-state index in [2.05, 4.69) is 16.7 Å². The highest BCUT2D eigenvalue weighted by molar-refractivity contribution is 5.80. The van der Waals surface area contributed by atoms with Gasteiger partial charge in [-0.15, -0.1) is 0 Å².